The number of halogens is 3. The minimum absolute atomic E-state index is 0.291. The van der Waals surface area contributed by atoms with Crippen molar-refractivity contribution in [1.82, 2.24) is 15.3 Å². The summed E-state index contributed by atoms with van der Waals surface area (Å²) in [5.74, 6) is 0.887. The molecule has 0 radical (unpaired) electrons. The molecular formula is C27H32F3N5. The van der Waals surface area contributed by atoms with Crippen LogP contribution in [0.1, 0.15) is 44.1 Å². The van der Waals surface area contributed by atoms with Crippen molar-refractivity contribution in [3.63, 3.8) is 0 Å². The topological polar surface area (TPSA) is 56.0 Å². The van der Waals surface area contributed by atoms with Crippen molar-refractivity contribution in [2.45, 2.75) is 62.8 Å². The highest BCUT2D eigenvalue weighted by atomic mass is 19.4. The van der Waals surface area contributed by atoms with Gasteiger partial charge in [0.15, 0.2) is 0 Å². The molecule has 1 aliphatic carbocycles. The fraction of sp³-hybridized carbons (Fsp3) is 0.444. The van der Waals surface area contributed by atoms with Gasteiger partial charge in [-0.3, -0.25) is 0 Å². The number of hydrogen-bond acceptors (Lipinski definition) is 4. The van der Waals surface area contributed by atoms with Gasteiger partial charge in [0.25, 0.3) is 0 Å². The highest BCUT2D eigenvalue weighted by molar-refractivity contribution is 5.65. The minimum Gasteiger partial charge on any atom is -0.370 e. The van der Waals surface area contributed by atoms with Gasteiger partial charge in [0.1, 0.15) is 5.82 Å². The van der Waals surface area contributed by atoms with E-state index >= 15 is 0 Å². The van der Waals surface area contributed by atoms with Crippen LogP contribution >= 0.6 is 0 Å². The molecule has 5 rings (SSSR count). The summed E-state index contributed by atoms with van der Waals surface area (Å²) >= 11 is 0. The molecule has 2 aliphatic rings. The Balaban J connectivity index is 1.22. The Kier molecular flexibility index (Phi) is 7.00. The van der Waals surface area contributed by atoms with Crippen molar-refractivity contribution in [3.8, 4) is 11.1 Å². The van der Waals surface area contributed by atoms with Crippen LogP contribution in [0.25, 0.3) is 11.1 Å². The molecule has 2 fully saturated rings. The molecule has 1 aromatic carbocycles. The lowest BCUT2D eigenvalue weighted by molar-refractivity contribution is -0.137. The third-order valence-corrected chi connectivity index (χ3v) is 7.22. The SMILES string of the molecule is FC(F)(F)c1ccc(N2CCC[C@H](N[C@@H]3CCCC[C@H]3Nc3cc(-c4cc[nH]c4)ccn3)C2)cc1. The molecule has 2 aromatic heterocycles. The fourth-order valence-electron chi connectivity index (χ4n) is 5.40. The molecule has 3 atom stereocenters. The van der Waals surface area contributed by atoms with Crippen molar-refractivity contribution >= 4 is 11.5 Å². The van der Waals surface area contributed by atoms with Gasteiger partial charge < -0.3 is 20.5 Å². The van der Waals surface area contributed by atoms with Gasteiger partial charge in [-0.05, 0) is 79.3 Å². The smallest absolute Gasteiger partial charge is 0.370 e. The van der Waals surface area contributed by atoms with Gasteiger partial charge in [0.05, 0.1) is 5.56 Å². The number of anilines is 2. The molecule has 8 heteroatoms. The zero-order valence-corrected chi connectivity index (χ0v) is 19.7. The molecule has 1 saturated heterocycles. The van der Waals surface area contributed by atoms with Crippen LogP contribution in [0, 0.1) is 0 Å². The van der Waals surface area contributed by atoms with E-state index in [9.17, 15) is 13.2 Å². The molecule has 1 saturated carbocycles. The minimum atomic E-state index is -4.30. The Morgan fingerprint density at radius 2 is 1.71 bits per heavy atom. The average Bonchev–Trinajstić information content (AvgIpc) is 3.41. The van der Waals surface area contributed by atoms with E-state index in [1.54, 1.807) is 12.1 Å². The summed E-state index contributed by atoms with van der Waals surface area (Å²) in [6.07, 6.45) is 8.11. The predicted octanol–water partition coefficient (Wildman–Crippen LogP) is 6.08. The average molecular weight is 484 g/mol. The molecule has 0 unspecified atom stereocenters. The largest absolute Gasteiger partial charge is 0.416 e. The van der Waals surface area contributed by atoms with Crippen molar-refractivity contribution in [2.75, 3.05) is 23.3 Å². The molecule has 3 aromatic rings. The number of benzene rings is 1. The van der Waals surface area contributed by atoms with Gasteiger partial charge in [-0.25, -0.2) is 4.98 Å². The normalized spacial score (nSPS) is 23.3. The van der Waals surface area contributed by atoms with E-state index in [0.717, 1.165) is 61.4 Å². The molecule has 0 bridgehead atoms. The highest BCUT2D eigenvalue weighted by Gasteiger charge is 2.31. The Labute approximate surface area is 204 Å². The molecule has 1 aliphatic heterocycles. The number of hydrogen-bond donors (Lipinski definition) is 3. The summed E-state index contributed by atoms with van der Waals surface area (Å²) < 4.78 is 38.8. The number of H-pyrrole nitrogens is 1. The van der Waals surface area contributed by atoms with E-state index in [1.165, 1.54) is 25.0 Å². The zero-order valence-electron chi connectivity index (χ0n) is 19.7. The van der Waals surface area contributed by atoms with Crippen molar-refractivity contribution < 1.29 is 13.2 Å². The van der Waals surface area contributed by atoms with Crippen molar-refractivity contribution in [3.05, 3.63) is 66.6 Å². The first-order chi connectivity index (χ1) is 17.0. The van der Waals surface area contributed by atoms with Crippen LogP contribution in [0.5, 0.6) is 0 Å². The Morgan fingerprint density at radius 3 is 2.46 bits per heavy atom. The maximum Gasteiger partial charge on any atom is 0.416 e. The first kappa shape index (κ1) is 23.7. The van der Waals surface area contributed by atoms with Crippen molar-refractivity contribution in [1.29, 1.82) is 0 Å². The highest BCUT2D eigenvalue weighted by Crippen LogP contribution is 2.31. The third-order valence-electron chi connectivity index (χ3n) is 7.22. The van der Waals surface area contributed by atoms with E-state index < -0.39 is 11.7 Å². The van der Waals surface area contributed by atoms with E-state index in [0.29, 0.717) is 18.1 Å². The molecule has 35 heavy (non-hydrogen) atoms. The Bertz CT molecular complexity index is 1080. The molecule has 3 heterocycles. The first-order valence-corrected chi connectivity index (χ1v) is 12.5. The Hall–Kier alpha value is -3.00. The molecule has 0 amide bonds. The summed E-state index contributed by atoms with van der Waals surface area (Å²) in [5.41, 5.74) is 2.52. The summed E-state index contributed by atoms with van der Waals surface area (Å²) in [5, 5.41) is 7.57. The van der Waals surface area contributed by atoms with Crippen LogP contribution < -0.4 is 15.5 Å². The maximum absolute atomic E-state index is 12.9. The quantitative estimate of drug-likeness (QED) is 0.398. The number of aromatic amines is 1. The van der Waals surface area contributed by atoms with E-state index in [4.69, 9.17) is 0 Å². The van der Waals surface area contributed by atoms with Gasteiger partial charge in [-0.15, -0.1) is 0 Å². The van der Waals surface area contributed by atoms with E-state index in [-0.39, 0.29) is 0 Å². The lowest BCUT2D eigenvalue weighted by atomic mass is 9.89. The standard InChI is InChI=1S/C27H32F3N5/c28-27(29,30)21-7-9-23(10-8-21)35-15-3-4-22(18-35)33-24-5-1-2-6-25(24)34-26-16-19(12-14-32-26)20-11-13-31-17-20/h7-14,16-17,22,24-25,31,33H,1-6,15,18H2,(H,32,34)/t22-,24+,25+/m0/s1. The van der Waals surface area contributed by atoms with Crippen LogP contribution in [0.4, 0.5) is 24.7 Å². The summed E-state index contributed by atoms with van der Waals surface area (Å²) in [6, 6.07) is 12.7. The van der Waals surface area contributed by atoms with Crippen LogP contribution in [0.3, 0.4) is 0 Å². The predicted molar refractivity (Wildman–Crippen MR) is 134 cm³/mol. The van der Waals surface area contributed by atoms with E-state index in [2.05, 4.69) is 37.6 Å². The van der Waals surface area contributed by atoms with Crippen LogP contribution in [0.2, 0.25) is 0 Å². The lowest BCUT2D eigenvalue weighted by Gasteiger charge is -2.40. The molecule has 186 valence electrons. The third kappa shape index (κ3) is 5.81. The Morgan fingerprint density at radius 1 is 0.914 bits per heavy atom. The molecule has 3 N–H and O–H groups in total. The van der Waals surface area contributed by atoms with Gasteiger partial charge in [-0.2, -0.15) is 13.2 Å². The molecular weight excluding hydrogens is 451 g/mol. The fourth-order valence-corrected chi connectivity index (χ4v) is 5.40. The second kappa shape index (κ2) is 10.3. The van der Waals surface area contributed by atoms with Crippen LogP contribution in [0.15, 0.2) is 61.1 Å². The number of piperidine rings is 1. The second-order valence-corrected chi connectivity index (χ2v) is 9.67. The summed E-state index contributed by atoms with van der Waals surface area (Å²) in [4.78, 5) is 9.87. The molecule has 5 nitrogen and oxygen atoms in total. The number of nitrogens with one attached hydrogen (secondary N) is 3. The zero-order chi connectivity index (χ0) is 24.3. The van der Waals surface area contributed by atoms with Gasteiger partial charge in [0, 0.05) is 55.5 Å². The van der Waals surface area contributed by atoms with Crippen LogP contribution in [-0.4, -0.2) is 41.2 Å². The van der Waals surface area contributed by atoms with Crippen LogP contribution in [-0.2, 0) is 6.18 Å². The lowest BCUT2D eigenvalue weighted by Crippen LogP contribution is -2.55. The van der Waals surface area contributed by atoms with Gasteiger partial charge in [0.2, 0.25) is 0 Å². The van der Waals surface area contributed by atoms with Crippen molar-refractivity contribution in [2.24, 2.45) is 0 Å². The van der Waals surface area contributed by atoms with E-state index in [1.807, 2.05) is 24.7 Å². The number of pyridine rings is 1. The summed E-state index contributed by atoms with van der Waals surface area (Å²) in [7, 11) is 0. The number of aromatic nitrogens is 2. The first-order valence-electron chi connectivity index (χ1n) is 12.5. The maximum atomic E-state index is 12.9. The summed E-state index contributed by atoms with van der Waals surface area (Å²) in [6.45, 7) is 1.67. The molecule has 0 spiro atoms. The second-order valence-electron chi connectivity index (χ2n) is 9.67. The number of alkyl halides is 3. The number of nitrogens with zero attached hydrogens (tertiary/aromatic N) is 2. The number of rotatable bonds is 6. The monoisotopic (exact) mass is 483 g/mol. The van der Waals surface area contributed by atoms with Gasteiger partial charge >= 0.3 is 6.18 Å². The van der Waals surface area contributed by atoms with Gasteiger partial charge in [-0.1, -0.05) is 12.8 Å².